The van der Waals surface area contributed by atoms with Crippen molar-refractivity contribution in [3.8, 4) is 0 Å². The molecule has 1 saturated carbocycles. The number of rotatable bonds is 2. The molecule has 2 aromatic rings. The molecule has 3 aliphatic rings. The number of anilines is 1. The molecule has 0 saturated heterocycles. The van der Waals surface area contributed by atoms with Gasteiger partial charge in [0.15, 0.2) is 11.6 Å². The van der Waals surface area contributed by atoms with E-state index >= 15 is 0 Å². The lowest BCUT2D eigenvalue weighted by Gasteiger charge is -2.46. The van der Waals surface area contributed by atoms with Gasteiger partial charge in [0.1, 0.15) is 10.6 Å². The summed E-state index contributed by atoms with van der Waals surface area (Å²) in [7, 11) is -4.87. The molecule has 2 aromatic carbocycles. The molecule has 34 heavy (non-hydrogen) atoms. The zero-order chi connectivity index (χ0) is 24.4. The number of halogens is 1. The number of benzene rings is 2. The van der Waals surface area contributed by atoms with Gasteiger partial charge in [0.2, 0.25) is 11.9 Å². The summed E-state index contributed by atoms with van der Waals surface area (Å²) in [4.78, 5) is 36.6. The zero-order valence-electron chi connectivity index (χ0n) is 17.8. The van der Waals surface area contributed by atoms with E-state index in [2.05, 4.69) is 25.9 Å². The number of hydrogen-bond acceptors (Lipinski definition) is 9. The van der Waals surface area contributed by atoms with Gasteiger partial charge in [-0.05, 0) is 47.7 Å². The van der Waals surface area contributed by atoms with Gasteiger partial charge in [-0.15, -0.1) is 0 Å². The Bertz CT molecular complexity index is 1440. The van der Waals surface area contributed by atoms with Crippen LogP contribution in [0, 0.1) is 0 Å². The predicted molar refractivity (Wildman–Crippen MR) is 129 cm³/mol. The fourth-order valence-electron chi connectivity index (χ4n) is 5.07. The van der Waals surface area contributed by atoms with E-state index in [1.165, 1.54) is 17.0 Å². The summed E-state index contributed by atoms with van der Waals surface area (Å²) in [6.07, 6.45) is 3.33. The van der Waals surface area contributed by atoms with Crippen LogP contribution in [0.4, 0.5) is 5.69 Å². The molecule has 5 N–H and O–H groups in total. The molecule has 1 spiro atoms. The van der Waals surface area contributed by atoms with Crippen LogP contribution < -0.4 is 16.4 Å². The van der Waals surface area contributed by atoms with Crippen molar-refractivity contribution in [2.45, 2.75) is 42.7 Å². The average Bonchev–Trinajstić information content (AvgIpc) is 2.77. The van der Waals surface area contributed by atoms with Gasteiger partial charge in [0.05, 0.1) is 16.8 Å². The van der Waals surface area contributed by atoms with E-state index < -0.39 is 32.2 Å². The molecule has 10 nitrogen and oxygen atoms in total. The SMILES string of the molecule is NC1=NC2(CCCCC2)N(c2c(S(=O)(=O)O)cc(Br)c3c2C(=O)c2ccccc2C3=O)C(N)=N1. The van der Waals surface area contributed by atoms with Crippen molar-refractivity contribution in [1.29, 1.82) is 0 Å². The molecular weight excluding hydrogens is 526 g/mol. The Morgan fingerprint density at radius 2 is 1.59 bits per heavy atom. The first-order chi connectivity index (χ1) is 16.0. The molecule has 2 aliphatic carbocycles. The molecule has 0 unspecified atom stereocenters. The van der Waals surface area contributed by atoms with Crippen LogP contribution in [0.1, 0.15) is 63.9 Å². The summed E-state index contributed by atoms with van der Waals surface area (Å²) in [6, 6.07) is 7.39. The molecule has 176 valence electrons. The summed E-state index contributed by atoms with van der Waals surface area (Å²) in [5.74, 6) is -1.29. The first kappa shape index (κ1) is 22.7. The van der Waals surface area contributed by atoms with E-state index in [1.54, 1.807) is 12.1 Å². The van der Waals surface area contributed by atoms with E-state index in [9.17, 15) is 22.6 Å². The Kier molecular flexibility index (Phi) is 5.15. The Labute approximate surface area is 203 Å². The highest BCUT2D eigenvalue weighted by Crippen LogP contribution is 2.47. The third-order valence-electron chi connectivity index (χ3n) is 6.44. The summed E-state index contributed by atoms with van der Waals surface area (Å²) in [5, 5.41) is 0. The highest BCUT2D eigenvalue weighted by Gasteiger charge is 2.48. The molecule has 1 fully saturated rings. The maximum absolute atomic E-state index is 13.8. The summed E-state index contributed by atoms with van der Waals surface area (Å²) in [6.45, 7) is 0. The maximum atomic E-state index is 13.8. The van der Waals surface area contributed by atoms with E-state index in [-0.39, 0.29) is 44.3 Å². The molecule has 0 aromatic heterocycles. The van der Waals surface area contributed by atoms with Gasteiger partial charge in [-0.1, -0.05) is 30.7 Å². The third kappa shape index (κ3) is 3.28. The topological polar surface area (TPSA) is 169 Å². The zero-order valence-corrected chi connectivity index (χ0v) is 20.2. The van der Waals surface area contributed by atoms with Crippen LogP contribution in [0.2, 0.25) is 0 Å². The summed E-state index contributed by atoms with van der Waals surface area (Å²) < 4.78 is 35.4. The molecule has 12 heteroatoms. The number of carbonyl (C=O) groups excluding carboxylic acids is 2. The van der Waals surface area contributed by atoms with Crippen LogP contribution in [-0.2, 0) is 10.1 Å². The second kappa shape index (κ2) is 7.72. The molecule has 0 amide bonds. The Balaban J connectivity index is 1.90. The largest absolute Gasteiger partial charge is 0.369 e. The normalized spacial score (nSPS) is 19.4. The summed E-state index contributed by atoms with van der Waals surface area (Å²) in [5.41, 5.74) is 11.0. The third-order valence-corrected chi connectivity index (χ3v) is 7.93. The van der Waals surface area contributed by atoms with Crippen LogP contribution in [0.3, 0.4) is 0 Å². The lowest BCUT2D eigenvalue weighted by molar-refractivity contribution is 0.0978. The molecule has 0 bridgehead atoms. The lowest BCUT2D eigenvalue weighted by Crippen LogP contribution is -2.59. The number of aliphatic imine (C=N–C) groups is 2. The quantitative estimate of drug-likeness (QED) is 0.412. The van der Waals surface area contributed by atoms with Crippen molar-refractivity contribution in [1.82, 2.24) is 0 Å². The van der Waals surface area contributed by atoms with Crippen LogP contribution in [-0.4, -0.2) is 42.1 Å². The van der Waals surface area contributed by atoms with Crippen molar-refractivity contribution in [3.63, 3.8) is 0 Å². The minimum Gasteiger partial charge on any atom is -0.369 e. The van der Waals surface area contributed by atoms with Crippen molar-refractivity contribution >= 4 is 55.2 Å². The van der Waals surface area contributed by atoms with Crippen LogP contribution >= 0.6 is 15.9 Å². The average molecular weight is 546 g/mol. The molecule has 5 rings (SSSR count). The standard InChI is InChI=1S/C22H20BrN5O5S/c23-13-10-14(34(31,32)33)17(16-15(13)18(29)11-6-2-3-7-12(11)19(16)30)28-21(25)26-20(24)27-22(28)8-4-1-5-9-22/h2-3,6-7,10H,1,4-5,8-9H2,(H,31,32,33)(H4,24,25,26,27). The number of nitrogens with two attached hydrogens (primary N) is 2. The highest BCUT2D eigenvalue weighted by atomic mass is 79.9. The van der Waals surface area contributed by atoms with Crippen LogP contribution in [0.25, 0.3) is 0 Å². The number of hydrogen-bond donors (Lipinski definition) is 3. The fourth-order valence-corrected chi connectivity index (χ4v) is 6.53. The molecule has 0 atom stereocenters. The lowest BCUT2D eigenvalue weighted by atomic mass is 9.81. The van der Waals surface area contributed by atoms with E-state index in [0.29, 0.717) is 12.8 Å². The van der Waals surface area contributed by atoms with Gasteiger partial charge in [0.25, 0.3) is 10.1 Å². The van der Waals surface area contributed by atoms with E-state index in [1.807, 2.05) is 0 Å². The van der Waals surface area contributed by atoms with Gasteiger partial charge in [-0.25, -0.2) is 4.99 Å². The van der Waals surface area contributed by atoms with Gasteiger partial charge >= 0.3 is 0 Å². The summed E-state index contributed by atoms with van der Waals surface area (Å²) >= 11 is 3.24. The Hall–Kier alpha value is -3.09. The first-order valence-electron chi connectivity index (χ1n) is 10.6. The molecule has 1 heterocycles. The monoisotopic (exact) mass is 545 g/mol. The number of carbonyl (C=O) groups is 2. The van der Waals surface area contributed by atoms with Crippen molar-refractivity contribution in [2.75, 3.05) is 4.90 Å². The van der Waals surface area contributed by atoms with Crippen LogP contribution in [0.15, 0.2) is 49.7 Å². The van der Waals surface area contributed by atoms with E-state index in [0.717, 1.165) is 25.3 Å². The second-order valence-electron chi connectivity index (χ2n) is 8.45. The number of fused-ring (bicyclic) bond motifs is 2. The van der Waals surface area contributed by atoms with Gasteiger partial charge in [0, 0.05) is 15.6 Å². The molecular formula is C22H20BrN5O5S. The van der Waals surface area contributed by atoms with Crippen molar-refractivity contribution in [3.05, 3.63) is 57.1 Å². The first-order valence-corrected chi connectivity index (χ1v) is 12.8. The smallest absolute Gasteiger partial charge is 0.296 e. The number of guanidine groups is 2. The fraction of sp³-hybridized carbons (Fsp3) is 0.273. The minimum absolute atomic E-state index is 0.0209. The van der Waals surface area contributed by atoms with Crippen molar-refractivity contribution < 1.29 is 22.6 Å². The Morgan fingerprint density at radius 3 is 2.18 bits per heavy atom. The number of nitrogens with zero attached hydrogens (tertiary/aromatic N) is 3. The van der Waals surface area contributed by atoms with Gasteiger partial charge < -0.3 is 11.5 Å². The maximum Gasteiger partial charge on any atom is 0.296 e. The predicted octanol–water partition coefficient (Wildman–Crippen LogP) is 2.58. The Morgan fingerprint density at radius 1 is 1.00 bits per heavy atom. The van der Waals surface area contributed by atoms with Gasteiger partial charge in [-0.2, -0.15) is 13.4 Å². The van der Waals surface area contributed by atoms with Crippen molar-refractivity contribution in [2.24, 2.45) is 21.5 Å². The molecule has 0 radical (unpaired) electrons. The van der Waals surface area contributed by atoms with E-state index in [4.69, 9.17) is 11.5 Å². The highest BCUT2D eigenvalue weighted by molar-refractivity contribution is 9.10. The minimum atomic E-state index is -4.87. The number of ketones is 2. The second-order valence-corrected chi connectivity index (χ2v) is 10.7. The van der Waals surface area contributed by atoms with Crippen LogP contribution in [0.5, 0.6) is 0 Å². The molecule has 1 aliphatic heterocycles. The van der Waals surface area contributed by atoms with Gasteiger partial charge in [-0.3, -0.25) is 19.0 Å².